The first-order chi connectivity index (χ1) is 18.2. The average molecular weight is 658 g/mol. The van der Waals surface area contributed by atoms with Crippen molar-refractivity contribution in [3.8, 4) is 5.75 Å². The van der Waals surface area contributed by atoms with E-state index in [2.05, 4.69) is 64.9 Å². The number of ether oxygens (including phenoxy) is 1. The number of halogens is 2. The summed E-state index contributed by atoms with van der Waals surface area (Å²) in [5.74, 6) is 0.0715. The predicted molar refractivity (Wildman–Crippen MR) is 155 cm³/mol. The van der Waals surface area contributed by atoms with Crippen LogP contribution < -0.4 is 10.1 Å². The molecule has 0 aromatic heterocycles. The Morgan fingerprint density at radius 1 is 0.923 bits per heavy atom. The summed E-state index contributed by atoms with van der Waals surface area (Å²) in [6.07, 6.45) is 2.23. The molecule has 0 amide bonds. The van der Waals surface area contributed by atoms with Gasteiger partial charge < -0.3 is 10.1 Å². The third kappa shape index (κ3) is 5.48. The number of benzene rings is 2. The van der Waals surface area contributed by atoms with E-state index in [9.17, 15) is 19.7 Å². The van der Waals surface area contributed by atoms with E-state index in [4.69, 9.17) is 4.74 Å². The van der Waals surface area contributed by atoms with Crippen molar-refractivity contribution in [3.63, 3.8) is 0 Å². The Kier molecular flexibility index (Phi) is 7.12. The van der Waals surface area contributed by atoms with Gasteiger partial charge in [-0.05, 0) is 69.4 Å². The molecule has 0 saturated heterocycles. The maximum absolute atomic E-state index is 13.7. The number of nitrogens with one attached hydrogen (secondary N) is 1. The second-order valence-electron chi connectivity index (χ2n) is 12.2. The number of carbonyl (C=O) groups excluding carboxylic acids is 2. The lowest BCUT2D eigenvalue weighted by atomic mass is 9.64. The Labute approximate surface area is 244 Å². The molecule has 9 heteroatoms. The molecule has 0 spiro atoms. The van der Waals surface area contributed by atoms with Gasteiger partial charge in [-0.15, -0.1) is 0 Å². The molecule has 1 heterocycles. The lowest BCUT2D eigenvalue weighted by Crippen LogP contribution is -2.42. The topological polar surface area (TPSA) is 98.5 Å². The van der Waals surface area contributed by atoms with Gasteiger partial charge in [0.2, 0.25) is 0 Å². The molecule has 0 fully saturated rings. The van der Waals surface area contributed by atoms with Gasteiger partial charge in [-0.25, -0.2) is 0 Å². The maximum atomic E-state index is 13.7. The van der Waals surface area contributed by atoms with Crippen LogP contribution in [-0.2, 0) is 16.2 Å². The average Bonchev–Trinajstić information content (AvgIpc) is 2.80. The fraction of sp³-hybridized carbons (Fsp3) is 0.400. The number of non-ortho nitro benzene ring substituents is 1. The summed E-state index contributed by atoms with van der Waals surface area (Å²) < 4.78 is 7.83. The summed E-state index contributed by atoms with van der Waals surface area (Å²) in [5, 5.41) is 14.6. The molecule has 7 nitrogen and oxygen atoms in total. The van der Waals surface area contributed by atoms with Crippen LogP contribution in [0.15, 0.2) is 67.9 Å². The number of nitro benzene ring substituents is 1. The first kappa shape index (κ1) is 27.8. The van der Waals surface area contributed by atoms with E-state index in [1.165, 1.54) is 12.1 Å². The molecular weight excluding hydrogens is 628 g/mol. The Hall–Kier alpha value is -2.78. The van der Waals surface area contributed by atoms with Crippen LogP contribution in [-0.4, -0.2) is 16.5 Å². The molecule has 1 aliphatic heterocycles. The highest BCUT2D eigenvalue weighted by Crippen LogP contribution is 2.53. The standard InChI is InChI=1S/C30H30Br2N2O5/c1-29(2)11-21-26(23(35)13-29)25(27-22(33-21)12-30(3,4)14-24(27)36)19-9-17(31)10-20(32)28(19)39-15-16-5-7-18(8-6-16)34(37)38/h5-10,25,33H,11-15H2,1-4H3. The number of hydrogen-bond donors (Lipinski definition) is 1. The molecule has 2 aromatic rings. The summed E-state index contributed by atoms with van der Waals surface area (Å²) in [6, 6.07) is 10.0. The van der Waals surface area contributed by atoms with E-state index < -0.39 is 10.8 Å². The summed E-state index contributed by atoms with van der Waals surface area (Å²) in [7, 11) is 0. The Morgan fingerprint density at radius 2 is 1.46 bits per heavy atom. The number of carbonyl (C=O) groups is 2. The van der Waals surface area contributed by atoms with E-state index in [1.54, 1.807) is 12.1 Å². The van der Waals surface area contributed by atoms with Gasteiger partial charge in [0.25, 0.3) is 5.69 Å². The van der Waals surface area contributed by atoms with Crippen LogP contribution >= 0.6 is 31.9 Å². The highest BCUT2D eigenvalue weighted by Gasteiger charge is 2.47. The Balaban J connectivity index is 1.63. The molecule has 0 saturated carbocycles. The molecule has 39 heavy (non-hydrogen) atoms. The number of nitro groups is 1. The van der Waals surface area contributed by atoms with E-state index in [0.29, 0.717) is 47.1 Å². The number of Topliss-reactive ketones (excluding diaryl/α,β-unsaturated/α-hetero) is 2. The van der Waals surface area contributed by atoms with Crippen molar-refractivity contribution < 1.29 is 19.2 Å². The van der Waals surface area contributed by atoms with Gasteiger partial charge in [0, 0.05) is 63.5 Å². The second-order valence-corrected chi connectivity index (χ2v) is 14.0. The zero-order chi connectivity index (χ0) is 28.3. The lowest BCUT2D eigenvalue weighted by molar-refractivity contribution is -0.384. The van der Waals surface area contributed by atoms with Crippen LogP contribution in [0, 0.1) is 20.9 Å². The van der Waals surface area contributed by atoms with Crippen LogP contribution in [0.3, 0.4) is 0 Å². The van der Waals surface area contributed by atoms with Gasteiger partial charge in [0.05, 0.1) is 9.40 Å². The molecule has 0 bridgehead atoms. The zero-order valence-electron chi connectivity index (χ0n) is 22.3. The van der Waals surface area contributed by atoms with E-state index in [1.807, 2.05) is 12.1 Å². The SMILES string of the molecule is CC1(C)CC(=O)C2=C(C1)NC1=C(C(=O)CC(C)(C)C1)C2c1cc(Br)cc(Br)c1OCc1ccc([N+](=O)[O-])cc1. The first-order valence-electron chi connectivity index (χ1n) is 12.9. The second kappa shape index (κ2) is 10.0. The number of rotatable bonds is 5. The van der Waals surface area contributed by atoms with Gasteiger partial charge in [0.15, 0.2) is 11.6 Å². The van der Waals surface area contributed by atoms with Gasteiger partial charge >= 0.3 is 0 Å². The molecule has 3 aliphatic rings. The number of dihydropyridines is 1. The van der Waals surface area contributed by atoms with Crippen molar-refractivity contribution in [1.29, 1.82) is 0 Å². The van der Waals surface area contributed by atoms with Gasteiger partial charge in [-0.2, -0.15) is 0 Å². The largest absolute Gasteiger partial charge is 0.487 e. The molecule has 2 aromatic carbocycles. The normalized spacial score (nSPS) is 20.4. The number of allylic oxidation sites excluding steroid dienone is 4. The molecular formula is C30H30Br2N2O5. The number of hydrogen-bond acceptors (Lipinski definition) is 6. The smallest absolute Gasteiger partial charge is 0.269 e. The van der Waals surface area contributed by atoms with Crippen molar-refractivity contribution in [2.24, 2.45) is 10.8 Å². The predicted octanol–water partition coefficient (Wildman–Crippen LogP) is 7.67. The zero-order valence-corrected chi connectivity index (χ0v) is 25.5. The van der Waals surface area contributed by atoms with Crippen LogP contribution in [0.1, 0.15) is 70.4 Å². The van der Waals surface area contributed by atoms with Crippen LogP contribution in [0.25, 0.3) is 0 Å². The molecule has 204 valence electrons. The first-order valence-corrected chi connectivity index (χ1v) is 14.5. The summed E-state index contributed by atoms with van der Waals surface area (Å²) in [4.78, 5) is 38.1. The van der Waals surface area contributed by atoms with Crippen LogP contribution in [0.2, 0.25) is 0 Å². The van der Waals surface area contributed by atoms with Crippen LogP contribution in [0.5, 0.6) is 5.75 Å². The summed E-state index contributed by atoms with van der Waals surface area (Å²) in [5.41, 5.74) is 4.21. The van der Waals surface area contributed by atoms with Gasteiger partial charge in [-0.1, -0.05) is 43.6 Å². The van der Waals surface area contributed by atoms with Crippen molar-refractivity contribution in [2.75, 3.05) is 0 Å². The van der Waals surface area contributed by atoms with Gasteiger partial charge in [0.1, 0.15) is 12.4 Å². The summed E-state index contributed by atoms with van der Waals surface area (Å²) in [6.45, 7) is 8.55. The maximum Gasteiger partial charge on any atom is 0.269 e. The van der Waals surface area contributed by atoms with E-state index in [-0.39, 0.29) is 34.7 Å². The number of ketones is 2. The monoisotopic (exact) mass is 656 g/mol. The highest BCUT2D eigenvalue weighted by molar-refractivity contribution is 9.11. The molecule has 0 radical (unpaired) electrons. The van der Waals surface area contributed by atoms with Gasteiger partial charge in [-0.3, -0.25) is 19.7 Å². The van der Waals surface area contributed by atoms with Crippen molar-refractivity contribution in [1.82, 2.24) is 5.32 Å². The Bertz CT molecular complexity index is 1420. The van der Waals surface area contributed by atoms with Crippen molar-refractivity contribution in [3.05, 3.63) is 89.1 Å². The molecule has 1 N–H and O–H groups in total. The third-order valence-corrected chi connectivity index (χ3v) is 8.64. The highest BCUT2D eigenvalue weighted by atomic mass is 79.9. The fourth-order valence-corrected chi connectivity index (χ4v) is 7.39. The molecule has 5 rings (SSSR count). The lowest BCUT2D eigenvalue weighted by Gasteiger charge is -2.44. The van der Waals surface area contributed by atoms with E-state index in [0.717, 1.165) is 27.0 Å². The minimum Gasteiger partial charge on any atom is -0.487 e. The minimum atomic E-state index is -0.552. The number of nitrogens with zero attached hydrogens (tertiary/aromatic N) is 1. The van der Waals surface area contributed by atoms with E-state index >= 15 is 0 Å². The van der Waals surface area contributed by atoms with Crippen molar-refractivity contribution >= 4 is 49.1 Å². The molecule has 0 unspecified atom stereocenters. The molecule has 2 aliphatic carbocycles. The van der Waals surface area contributed by atoms with Crippen molar-refractivity contribution in [2.45, 2.75) is 65.9 Å². The minimum absolute atomic E-state index is 0.00960. The third-order valence-electron chi connectivity index (χ3n) is 7.60. The summed E-state index contributed by atoms with van der Waals surface area (Å²) >= 11 is 7.26. The fourth-order valence-electron chi connectivity index (χ4n) is 6.02. The Morgan fingerprint density at radius 3 is 1.97 bits per heavy atom. The molecule has 0 atom stereocenters. The van der Waals surface area contributed by atoms with Crippen LogP contribution in [0.4, 0.5) is 5.69 Å². The quantitative estimate of drug-likeness (QED) is 0.262.